The van der Waals surface area contributed by atoms with Gasteiger partial charge in [0.15, 0.2) is 0 Å². The maximum absolute atomic E-state index is 8.88. The average Bonchev–Trinajstić information content (AvgIpc) is 2.58. The van der Waals surface area contributed by atoms with Gasteiger partial charge in [-0.05, 0) is 26.7 Å². The van der Waals surface area contributed by atoms with Crippen LogP contribution in [0.1, 0.15) is 26.7 Å². The minimum absolute atomic E-state index is 0.122. The first-order chi connectivity index (χ1) is 7.53. The Morgan fingerprint density at radius 2 is 2.38 bits per heavy atom. The zero-order valence-electron chi connectivity index (χ0n) is 9.76. The van der Waals surface area contributed by atoms with Crippen molar-refractivity contribution < 1.29 is 4.74 Å². The van der Waals surface area contributed by atoms with E-state index < -0.39 is 0 Å². The van der Waals surface area contributed by atoms with E-state index >= 15 is 0 Å². The number of nitrogens with zero attached hydrogens (tertiary/aromatic N) is 3. The quantitative estimate of drug-likeness (QED) is 0.707. The summed E-state index contributed by atoms with van der Waals surface area (Å²) in [5.41, 5.74) is 5.87. The van der Waals surface area contributed by atoms with Crippen molar-refractivity contribution in [3.8, 4) is 6.07 Å². The molecule has 2 N–H and O–H groups in total. The van der Waals surface area contributed by atoms with E-state index in [1.54, 1.807) is 6.21 Å². The molecule has 1 saturated heterocycles. The first-order valence-electron chi connectivity index (χ1n) is 5.65. The van der Waals surface area contributed by atoms with E-state index in [1.165, 1.54) is 0 Å². The van der Waals surface area contributed by atoms with Gasteiger partial charge in [0.2, 0.25) is 0 Å². The van der Waals surface area contributed by atoms with Crippen LogP contribution in [0.3, 0.4) is 0 Å². The van der Waals surface area contributed by atoms with Gasteiger partial charge in [-0.2, -0.15) is 10.4 Å². The van der Waals surface area contributed by atoms with Gasteiger partial charge in [0, 0.05) is 12.8 Å². The zero-order valence-corrected chi connectivity index (χ0v) is 9.76. The fourth-order valence-electron chi connectivity index (χ4n) is 2.35. The predicted octanol–water partition coefficient (Wildman–Crippen LogP) is 0.670. The highest BCUT2D eigenvalue weighted by Gasteiger charge is 2.38. The highest BCUT2D eigenvalue weighted by molar-refractivity contribution is 5.66. The van der Waals surface area contributed by atoms with Crippen LogP contribution >= 0.6 is 0 Å². The molecule has 0 aromatic carbocycles. The van der Waals surface area contributed by atoms with Crippen LogP contribution < -0.4 is 5.73 Å². The third kappa shape index (κ3) is 2.04. The Labute approximate surface area is 95.8 Å². The molecule has 88 valence electrons. The lowest BCUT2D eigenvalue weighted by Gasteiger charge is -2.40. The predicted molar refractivity (Wildman–Crippen MR) is 60.5 cm³/mol. The Bertz CT molecular complexity index is 333. The summed E-state index contributed by atoms with van der Waals surface area (Å²) in [5, 5.41) is 15.0. The lowest BCUT2D eigenvalue weighted by molar-refractivity contribution is -0.0876. The van der Waals surface area contributed by atoms with E-state index in [0.29, 0.717) is 0 Å². The summed E-state index contributed by atoms with van der Waals surface area (Å²) in [6.45, 7) is 4.88. The van der Waals surface area contributed by atoms with Crippen LogP contribution in [0.2, 0.25) is 0 Å². The minimum atomic E-state index is -0.302. The molecule has 16 heavy (non-hydrogen) atoms. The van der Waals surface area contributed by atoms with E-state index in [1.807, 2.05) is 5.01 Å². The fourth-order valence-corrected chi connectivity index (χ4v) is 2.35. The molecule has 0 saturated carbocycles. The summed E-state index contributed by atoms with van der Waals surface area (Å²) in [7, 11) is 0. The Morgan fingerprint density at radius 3 is 2.94 bits per heavy atom. The highest BCUT2D eigenvalue weighted by Crippen LogP contribution is 2.30. The monoisotopic (exact) mass is 222 g/mol. The van der Waals surface area contributed by atoms with Gasteiger partial charge in [0.1, 0.15) is 12.1 Å². The molecule has 0 aromatic heterocycles. The van der Waals surface area contributed by atoms with Gasteiger partial charge >= 0.3 is 0 Å². The van der Waals surface area contributed by atoms with Gasteiger partial charge in [0.05, 0.1) is 17.7 Å². The first kappa shape index (κ1) is 11.4. The lowest BCUT2D eigenvalue weighted by atomic mass is 9.93. The molecule has 0 radical (unpaired) electrons. The summed E-state index contributed by atoms with van der Waals surface area (Å²) in [6.07, 6.45) is 3.17. The van der Waals surface area contributed by atoms with Crippen LogP contribution in [0.5, 0.6) is 0 Å². The molecule has 3 unspecified atom stereocenters. The van der Waals surface area contributed by atoms with E-state index in [0.717, 1.165) is 19.4 Å². The molecule has 2 aliphatic heterocycles. The maximum atomic E-state index is 8.88. The van der Waals surface area contributed by atoms with Crippen LogP contribution in [-0.4, -0.2) is 35.6 Å². The Kier molecular flexibility index (Phi) is 2.87. The lowest BCUT2D eigenvalue weighted by Crippen LogP contribution is -2.50. The Morgan fingerprint density at radius 1 is 1.62 bits per heavy atom. The molecule has 5 heteroatoms. The van der Waals surface area contributed by atoms with Gasteiger partial charge in [-0.3, -0.25) is 5.01 Å². The number of hydrazone groups is 1. The molecule has 0 aromatic rings. The number of nitriles is 1. The van der Waals surface area contributed by atoms with Crippen LogP contribution in [0.25, 0.3) is 0 Å². The normalized spacial score (nSPS) is 37.4. The summed E-state index contributed by atoms with van der Waals surface area (Å²) >= 11 is 0. The van der Waals surface area contributed by atoms with Crippen molar-refractivity contribution in [2.75, 3.05) is 6.61 Å². The summed E-state index contributed by atoms with van der Waals surface area (Å²) in [6, 6.07) is 2.44. The van der Waals surface area contributed by atoms with Crippen LogP contribution in [0.4, 0.5) is 0 Å². The van der Waals surface area contributed by atoms with Crippen molar-refractivity contribution >= 4 is 6.21 Å². The third-order valence-corrected chi connectivity index (χ3v) is 3.23. The van der Waals surface area contributed by atoms with Gasteiger partial charge in [-0.15, -0.1) is 0 Å². The second kappa shape index (κ2) is 4.04. The molecule has 2 aliphatic rings. The second-order valence-corrected chi connectivity index (χ2v) is 5.04. The molecular formula is C11H18N4O. The van der Waals surface area contributed by atoms with Crippen molar-refractivity contribution in [2.45, 2.75) is 44.5 Å². The molecule has 1 fully saturated rings. The van der Waals surface area contributed by atoms with Gasteiger partial charge < -0.3 is 10.5 Å². The van der Waals surface area contributed by atoms with Crippen LogP contribution in [0, 0.1) is 17.2 Å². The average molecular weight is 222 g/mol. The molecular weight excluding hydrogens is 204 g/mol. The van der Waals surface area contributed by atoms with Gasteiger partial charge in [-0.25, -0.2) is 0 Å². The summed E-state index contributed by atoms with van der Waals surface area (Å²) < 4.78 is 5.66. The molecule has 5 nitrogen and oxygen atoms in total. The number of hydrogen-bond acceptors (Lipinski definition) is 5. The number of nitrogens with two attached hydrogens (primary N) is 1. The second-order valence-electron chi connectivity index (χ2n) is 5.04. The largest absolute Gasteiger partial charge is 0.375 e. The van der Waals surface area contributed by atoms with Crippen molar-refractivity contribution in [3.05, 3.63) is 0 Å². The van der Waals surface area contributed by atoms with Crippen molar-refractivity contribution in [3.63, 3.8) is 0 Å². The minimum Gasteiger partial charge on any atom is -0.375 e. The number of hydrogen-bond donors (Lipinski definition) is 1. The smallest absolute Gasteiger partial charge is 0.118 e. The standard InChI is InChI=1S/C11H18N4O/c1-11(2)5-9(3-4-16-11)15-10(13)8(6-12)7-14-15/h7-10H,3-5,13H2,1-2H3. The zero-order chi connectivity index (χ0) is 11.8. The topological polar surface area (TPSA) is 74.6 Å². The van der Waals surface area contributed by atoms with Crippen LogP contribution in [0.15, 0.2) is 5.10 Å². The highest BCUT2D eigenvalue weighted by atomic mass is 16.5. The first-order valence-corrected chi connectivity index (χ1v) is 5.65. The third-order valence-electron chi connectivity index (χ3n) is 3.23. The Balaban J connectivity index is 2.04. The van der Waals surface area contributed by atoms with Gasteiger partial charge in [-0.1, -0.05) is 0 Å². The fraction of sp³-hybridized carbons (Fsp3) is 0.818. The number of ether oxygens (including phenoxy) is 1. The van der Waals surface area contributed by atoms with E-state index in [4.69, 9.17) is 15.7 Å². The summed E-state index contributed by atoms with van der Waals surface area (Å²) in [4.78, 5) is 0. The van der Waals surface area contributed by atoms with E-state index in [-0.39, 0.29) is 23.7 Å². The van der Waals surface area contributed by atoms with Gasteiger partial charge in [0.25, 0.3) is 0 Å². The van der Waals surface area contributed by atoms with Crippen molar-refractivity contribution in [1.82, 2.24) is 5.01 Å². The maximum Gasteiger partial charge on any atom is 0.118 e. The van der Waals surface area contributed by atoms with E-state index in [9.17, 15) is 0 Å². The van der Waals surface area contributed by atoms with E-state index in [2.05, 4.69) is 25.0 Å². The molecule has 0 spiro atoms. The SMILES string of the molecule is CC1(C)CC(N2N=CC(C#N)C2N)CCO1. The summed E-state index contributed by atoms with van der Waals surface area (Å²) in [5.74, 6) is -0.286. The molecule has 3 atom stereocenters. The van der Waals surface area contributed by atoms with Crippen molar-refractivity contribution in [1.29, 1.82) is 5.26 Å². The Hall–Kier alpha value is -1.12. The molecule has 2 heterocycles. The molecule has 2 rings (SSSR count). The number of rotatable bonds is 1. The van der Waals surface area contributed by atoms with Crippen LogP contribution in [-0.2, 0) is 4.74 Å². The molecule has 0 bridgehead atoms. The van der Waals surface area contributed by atoms with Crippen molar-refractivity contribution in [2.24, 2.45) is 16.8 Å². The molecule has 0 aliphatic carbocycles. The molecule has 0 amide bonds.